The second kappa shape index (κ2) is 5.24. The molecule has 0 saturated carbocycles. The Labute approximate surface area is 125 Å². The summed E-state index contributed by atoms with van der Waals surface area (Å²) in [7, 11) is 0. The maximum absolute atomic E-state index is 11.7. The number of benzene rings is 2. The van der Waals surface area contributed by atoms with E-state index in [-0.39, 0.29) is 11.9 Å². The van der Waals surface area contributed by atoms with Crippen LogP contribution in [-0.2, 0) is 6.54 Å². The van der Waals surface area contributed by atoms with Gasteiger partial charge in [0.1, 0.15) is 0 Å². The van der Waals surface area contributed by atoms with E-state index in [9.17, 15) is 4.79 Å². The smallest absolute Gasteiger partial charge is 0.315 e. The van der Waals surface area contributed by atoms with Crippen molar-refractivity contribution in [3.63, 3.8) is 0 Å². The number of aryl methyl sites for hydroxylation is 1. The summed E-state index contributed by atoms with van der Waals surface area (Å²) in [5.41, 5.74) is 11.9. The maximum Gasteiger partial charge on any atom is 0.315 e. The molecular formula is C18H20N2O. The molecule has 0 aromatic heterocycles. The van der Waals surface area contributed by atoms with Gasteiger partial charge in [-0.05, 0) is 41.7 Å². The number of urea groups is 1. The fraction of sp³-hybridized carbons (Fsp3) is 0.278. The summed E-state index contributed by atoms with van der Waals surface area (Å²) >= 11 is 0. The Bertz CT molecular complexity index is 679. The summed E-state index contributed by atoms with van der Waals surface area (Å²) in [6.07, 6.45) is 0. The first kappa shape index (κ1) is 13.7. The number of nitrogens with two attached hydrogens (primary N) is 1. The standard InChI is InChI=1S/C18H20N2O/c1-12-8-9-15-16(13(12)2)10-20(18(19)21)11-17(15)14-6-4-3-5-7-14/h3-9,17H,10-11H2,1-2H3,(H2,19,21). The Morgan fingerprint density at radius 2 is 1.86 bits per heavy atom. The third-order valence-corrected chi connectivity index (χ3v) is 4.55. The first-order chi connectivity index (χ1) is 10.1. The molecule has 1 aliphatic rings. The Hall–Kier alpha value is -2.29. The maximum atomic E-state index is 11.7. The Morgan fingerprint density at radius 3 is 2.52 bits per heavy atom. The molecule has 0 spiro atoms. The van der Waals surface area contributed by atoms with E-state index in [0.717, 1.165) is 0 Å². The predicted molar refractivity (Wildman–Crippen MR) is 84.2 cm³/mol. The second-order valence-electron chi connectivity index (χ2n) is 5.76. The molecule has 0 saturated heterocycles. The summed E-state index contributed by atoms with van der Waals surface area (Å²) in [5, 5.41) is 0. The van der Waals surface area contributed by atoms with Crippen molar-refractivity contribution >= 4 is 6.03 Å². The van der Waals surface area contributed by atoms with Crippen LogP contribution >= 0.6 is 0 Å². The molecule has 0 aliphatic carbocycles. The van der Waals surface area contributed by atoms with Gasteiger partial charge in [-0.25, -0.2) is 4.79 Å². The van der Waals surface area contributed by atoms with Gasteiger partial charge in [0.2, 0.25) is 0 Å². The van der Waals surface area contributed by atoms with Crippen LogP contribution in [0.4, 0.5) is 4.79 Å². The average molecular weight is 280 g/mol. The Morgan fingerprint density at radius 1 is 1.14 bits per heavy atom. The molecule has 3 rings (SSSR count). The first-order valence-corrected chi connectivity index (χ1v) is 7.26. The van der Waals surface area contributed by atoms with Gasteiger partial charge in [-0.3, -0.25) is 0 Å². The molecule has 1 heterocycles. The molecule has 3 heteroatoms. The van der Waals surface area contributed by atoms with E-state index in [1.807, 2.05) is 18.2 Å². The quantitative estimate of drug-likeness (QED) is 0.855. The number of primary amides is 1. The minimum absolute atomic E-state index is 0.196. The van der Waals surface area contributed by atoms with Gasteiger partial charge >= 0.3 is 6.03 Å². The molecule has 0 fully saturated rings. The van der Waals surface area contributed by atoms with Crippen molar-refractivity contribution in [2.45, 2.75) is 26.3 Å². The number of hydrogen-bond acceptors (Lipinski definition) is 1. The highest BCUT2D eigenvalue weighted by Crippen LogP contribution is 2.35. The molecule has 2 amide bonds. The topological polar surface area (TPSA) is 46.3 Å². The van der Waals surface area contributed by atoms with Crippen LogP contribution in [0.15, 0.2) is 42.5 Å². The number of nitrogens with zero attached hydrogens (tertiary/aromatic N) is 1. The van der Waals surface area contributed by atoms with Gasteiger partial charge in [0.05, 0.1) is 0 Å². The largest absolute Gasteiger partial charge is 0.351 e. The van der Waals surface area contributed by atoms with Gasteiger partial charge in [-0.1, -0.05) is 42.5 Å². The highest BCUT2D eigenvalue weighted by Gasteiger charge is 2.29. The molecule has 2 aromatic carbocycles. The molecule has 1 aliphatic heterocycles. The van der Waals surface area contributed by atoms with Crippen LogP contribution in [0, 0.1) is 13.8 Å². The fourth-order valence-corrected chi connectivity index (χ4v) is 3.14. The van der Waals surface area contributed by atoms with E-state index in [4.69, 9.17) is 5.73 Å². The van der Waals surface area contributed by atoms with E-state index in [0.29, 0.717) is 13.1 Å². The van der Waals surface area contributed by atoms with E-state index >= 15 is 0 Å². The van der Waals surface area contributed by atoms with Gasteiger partial charge in [-0.2, -0.15) is 0 Å². The number of carbonyl (C=O) groups excluding carboxylic acids is 1. The zero-order valence-corrected chi connectivity index (χ0v) is 12.5. The van der Waals surface area contributed by atoms with Crippen LogP contribution in [0.3, 0.4) is 0 Å². The molecule has 21 heavy (non-hydrogen) atoms. The molecule has 0 radical (unpaired) electrons. The van der Waals surface area contributed by atoms with Crippen molar-refractivity contribution < 1.29 is 4.79 Å². The Kier molecular flexibility index (Phi) is 3.42. The summed E-state index contributed by atoms with van der Waals surface area (Å²) < 4.78 is 0. The number of hydrogen-bond donors (Lipinski definition) is 1. The fourth-order valence-electron chi connectivity index (χ4n) is 3.14. The highest BCUT2D eigenvalue weighted by molar-refractivity contribution is 5.73. The van der Waals surface area contributed by atoms with Crippen LogP contribution in [0.1, 0.15) is 33.7 Å². The van der Waals surface area contributed by atoms with Crippen molar-refractivity contribution in [3.05, 3.63) is 70.3 Å². The number of carbonyl (C=O) groups is 1. The van der Waals surface area contributed by atoms with E-state index in [1.165, 1.54) is 27.8 Å². The number of amides is 2. The molecule has 1 unspecified atom stereocenters. The normalized spacial score (nSPS) is 17.4. The number of fused-ring (bicyclic) bond motifs is 1. The zero-order valence-electron chi connectivity index (χ0n) is 12.5. The zero-order chi connectivity index (χ0) is 15.0. The van der Waals surface area contributed by atoms with Gasteiger partial charge in [0, 0.05) is 19.0 Å². The van der Waals surface area contributed by atoms with Gasteiger partial charge in [-0.15, -0.1) is 0 Å². The van der Waals surface area contributed by atoms with Crippen LogP contribution in [-0.4, -0.2) is 17.5 Å². The minimum Gasteiger partial charge on any atom is -0.351 e. The van der Waals surface area contributed by atoms with E-state index in [1.54, 1.807) is 4.90 Å². The molecule has 1 atom stereocenters. The Balaban J connectivity index is 2.14. The molecule has 2 N–H and O–H groups in total. The van der Waals surface area contributed by atoms with Crippen molar-refractivity contribution in [1.29, 1.82) is 0 Å². The predicted octanol–water partition coefficient (Wildman–Crippen LogP) is 3.33. The third kappa shape index (κ3) is 2.40. The van der Waals surface area contributed by atoms with Crippen molar-refractivity contribution in [2.75, 3.05) is 6.54 Å². The molecular weight excluding hydrogens is 260 g/mol. The molecule has 0 bridgehead atoms. The lowest BCUT2D eigenvalue weighted by Gasteiger charge is -2.35. The SMILES string of the molecule is Cc1ccc2c(c1C)CN(C(N)=O)CC2c1ccccc1. The van der Waals surface area contributed by atoms with Gasteiger partial charge < -0.3 is 10.6 Å². The highest BCUT2D eigenvalue weighted by atomic mass is 16.2. The number of rotatable bonds is 1. The average Bonchev–Trinajstić information content (AvgIpc) is 2.51. The lowest BCUT2D eigenvalue weighted by molar-refractivity contribution is 0.198. The van der Waals surface area contributed by atoms with Gasteiger partial charge in [0.25, 0.3) is 0 Å². The summed E-state index contributed by atoms with van der Waals surface area (Å²) in [4.78, 5) is 13.4. The van der Waals surface area contributed by atoms with Crippen molar-refractivity contribution in [2.24, 2.45) is 5.73 Å². The lowest BCUT2D eigenvalue weighted by Crippen LogP contribution is -2.42. The summed E-state index contributed by atoms with van der Waals surface area (Å²) in [6, 6.07) is 14.4. The monoisotopic (exact) mass is 280 g/mol. The molecule has 2 aromatic rings. The summed E-state index contributed by atoms with van der Waals surface area (Å²) in [5.74, 6) is 0.196. The minimum atomic E-state index is -0.345. The van der Waals surface area contributed by atoms with Crippen LogP contribution < -0.4 is 5.73 Å². The van der Waals surface area contributed by atoms with Gasteiger partial charge in [0.15, 0.2) is 0 Å². The van der Waals surface area contributed by atoms with Crippen LogP contribution in [0.5, 0.6) is 0 Å². The van der Waals surface area contributed by atoms with Crippen molar-refractivity contribution in [3.8, 4) is 0 Å². The van der Waals surface area contributed by atoms with Crippen LogP contribution in [0.25, 0.3) is 0 Å². The molecule has 108 valence electrons. The van der Waals surface area contributed by atoms with E-state index < -0.39 is 0 Å². The third-order valence-electron chi connectivity index (χ3n) is 4.55. The molecule has 3 nitrogen and oxygen atoms in total. The lowest BCUT2D eigenvalue weighted by atomic mass is 9.82. The second-order valence-corrected chi connectivity index (χ2v) is 5.76. The summed E-state index contributed by atoms with van der Waals surface area (Å²) in [6.45, 7) is 5.49. The van der Waals surface area contributed by atoms with Crippen LogP contribution in [0.2, 0.25) is 0 Å². The van der Waals surface area contributed by atoms with E-state index in [2.05, 4.69) is 38.1 Å². The van der Waals surface area contributed by atoms with Crippen molar-refractivity contribution in [1.82, 2.24) is 4.90 Å². The first-order valence-electron chi connectivity index (χ1n) is 7.26.